The highest BCUT2D eigenvalue weighted by atomic mass is 16.2. The van der Waals surface area contributed by atoms with Gasteiger partial charge in [-0.2, -0.15) is 0 Å². The zero-order valence-electron chi connectivity index (χ0n) is 9.61. The molecule has 0 spiro atoms. The number of benzene rings is 1. The molecular formula is C12H17N3O2. The number of rotatable bonds is 6. The molecule has 17 heavy (non-hydrogen) atoms. The molecule has 0 unspecified atom stereocenters. The fraction of sp³-hybridized carbons (Fsp3) is 0.333. The number of carbonyl (C=O) groups is 2. The van der Waals surface area contributed by atoms with Crippen LogP contribution in [0.4, 0.5) is 0 Å². The summed E-state index contributed by atoms with van der Waals surface area (Å²) in [5, 5.41) is 0. The van der Waals surface area contributed by atoms with Crippen LogP contribution in [0.25, 0.3) is 0 Å². The average molecular weight is 235 g/mol. The summed E-state index contributed by atoms with van der Waals surface area (Å²) in [6.45, 7) is 0.599. The minimum absolute atomic E-state index is 0.183. The van der Waals surface area contributed by atoms with Crippen LogP contribution in [0.15, 0.2) is 18.2 Å². The summed E-state index contributed by atoms with van der Waals surface area (Å²) in [4.78, 5) is 22.6. The lowest BCUT2D eigenvalue weighted by molar-refractivity contribution is 0.0966. The summed E-state index contributed by atoms with van der Waals surface area (Å²) in [7, 11) is 0. The van der Waals surface area contributed by atoms with Crippen molar-refractivity contribution in [2.75, 3.05) is 6.54 Å². The van der Waals surface area contributed by atoms with Gasteiger partial charge in [0.05, 0.1) is 11.1 Å². The van der Waals surface area contributed by atoms with Crippen LogP contribution < -0.4 is 17.2 Å². The van der Waals surface area contributed by atoms with E-state index in [0.29, 0.717) is 13.0 Å². The SMILES string of the molecule is NCCCCc1cccc(C(N)=O)c1C(N)=O. The fourth-order valence-corrected chi connectivity index (χ4v) is 1.76. The number of amides is 2. The van der Waals surface area contributed by atoms with E-state index in [1.807, 2.05) is 0 Å². The first-order chi connectivity index (χ1) is 8.07. The highest BCUT2D eigenvalue weighted by molar-refractivity contribution is 6.07. The molecule has 2 amide bonds. The summed E-state index contributed by atoms with van der Waals surface area (Å²) in [5.74, 6) is -1.26. The van der Waals surface area contributed by atoms with E-state index < -0.39 is 11.8 Å². The van der Waals surface area contributed by atoms with Crippen molar-refractivity contribution in [1.29, 1.82) is 0 Å². The maximum atomic E-state index is 11.4. The van der Waals surface area contributed by atoms with Crippen molar-refractivity contribution in [3.05, 3.63) is 34.9 Å². The molecule has 0 aromatic heterocycles. The molecule has 0 saturated carbocycles. The Morgan fingerprint density at radius 3 is 2.29 bits per heavy atom. The zero-order chi connectivity index (χ0) is 12.8. The van der Waals surface area contributed by atoms with Gasteiger partial charge in [-0.15, -0.1) is 0 Å². The van der Waals surface area contributed by atoms with Gasteiger partial charge in [-0.1, -0.05) is 12.1 Å². The molecule has 0 aliphatic heterocycles. The molecule has 0 bridgehead atoms. The average Bonchev–Trinajstić information content (AvgIpc) is 2.28. The summed E-state index contributed by atoms with van der Waals surface area (Å²) in [6.07, 6.45) is 2.37. The Morgan fingerprint density at radius 1 is 1.06 bits per heavy atom. The minimum Gasteiger partial charge on any atom is -0.366 e. The number of hydrogen-bond acceptors (Lipinski definition) is 3. The Balaban J connectivity index is 3.07. The normalized spacial score (nSPS) is 10.2. The van der Waals surface area contributed by atoms with Gasteiger partial charge in [-0.25, -0.2) is 0 Å². The molecule has 92 valence electrons. The van der Waals surface area contributed by atoms with Gasteiger partial charge in [0.15, 0.2) is 0 Å². The third kappa shape index (κ3) is 3.29. The summed E-state index contributed by atoms with van der Waals surface area (Å²) >= 11 is 0. The molecule has 0 radical (unpaired) electrons. The van der Waals surface area contributed by atoms with Crippen LogP contribution in [-0.2, 0) is 6.42 Å². The molecule has 0 saturated heterocycles. The maximum Gasteiger partial charge on any atom is 0.249 e. The van der Waals surface area contributed by atoms with Gasteiger partial charge in [0.2, 0.25) is 11.8 Å². The van der Waals surface area contributed by atoms with Crippen molar-refractivity contribution in [1.82, 2.24) is 0 Å². The van der Waals surface area contributed by atoms with Crippen molar-refractivity contribution in [3.63, 3.8) is 0 Å². The lowest BCUT2D eigenvalue weighted by Crippen LogP contribution is -2.22. The number of nitrogens with two attached hydrogens (primary N) is 3. The first-order valence-electron chi connectivity index (χ1n) is 5.49. The van der Waals surface area contributed by atoms with Gasteiger partial charge < -0.3 is 17.2 Å². The zero-order valence-corrected chi connectivity index (χ0v) is 9.61. The van der Waals surface area contributed by atoms with Crippen LogP contribution in [0, 0.1) is 0 Å². The molecule has 0 fully saturated rings. The topological polar surface area (TPSA) is 112 Å². The number of unbranched alkanes of at least 4 members (excludes halogenated alkanes) is 1. The van der Waals surface area contributed by atoms with E-state index in [9.17, 15) is 9.59 Å². The predicted molar refractivity (Wildman–Crippen MR) is 65.5 cm³/mol. The highest BCUT2D eigenvalue weighted by Crippen LogP contribution is 2.16. The largest absolute Gasteiger partial charge is 0.366 e. The Hall–Kier alpha value is -1.88. The van der Waals surface area contributed by atoms with Crippen molar-refractivity contribution in [2.45, 2.75) is 19.3 Å². The summed E-state index contributed by atoms with van der Waals surface area (Å²) < 4.78 is 0. The molecule has 1 aromatic carbocycles. The summed E-state index contributed by atoms with van der Waals surface area (Å²) in [6, 6.07) is 4.99. The Bertz CT molecular complexity index is 430. The van der Waals surface area contributed by atoms with Gasteiger partial charge in [-0.05, 0) is 37.4 Å². The van der Waals surface area contributed by atoms with Crippen LogP contribution in [-0.4, -0.2) is 18.4 Å². The third-order valence-corrected chi connectivity index (χ3v) is 2.56. The molecule has 0 heterocycles. The van der Waals surface area contributed by atoms with Crippen molar-refractivity contribution in [2.24, 2.45) is 17.2 Å². The lowest BCUT2D eigenvalue weighted by Gasteiger charge is -2.09. The first-order valence-corrected chi connectivity index (χ1v) is 5.49. The molecule has 1 rings (SSSR count). The second kappa shape index (κ2) is 6.00. The first kappa shape index (κ1) is 13.2. The van der Waals surface area contributed by atoms with E-state index in [1.165, 1.54) is 6.07 Å². The van der Waals surface area contributed by atoms with E-state index >= 15 is 0 Å². The van der Waals surface area contributed by atoms with Crippen molar-refractivity contribution < 1.29 is 9.59 Å². The second-order valence-corrected chi connectivity index (χ2v) is 3.81. The third-order valence-electron chi connectivity index (χ3n) is 2.56. The smallest absolute Gasteiger partial charge is 0.249 e. The van der Waals surface area contributed by atoms with E-state index in [4.69, 9.17) is 17.2 Å². The molecule has 1 aromatic rings. The van der Waals surface area contributed by atoms with Crippen molar-refractivity contribution in [3.8, 4) is 0 Å². The highest BCUT2D eigenvalue weighted by Gasteiger charge is 2.16. The number of aryl methyl sites for hydroxylation is 1. The van der Waals surface area contributed by atoms with E-state index in [2.05, 4.69) is 0 Å². The summed E-state index contributed by atoms with van der Waals surface area (Å²) in [5.41, 5.74) is 17.1. The van der Waals surface area contributed by atoms with E-state index in [1.54, 1.807) is 12.1 Å². The standard InChI is InChI=1S/C12H17N3O2/c13-7-2-1-4-8-5-3-6-9(11(14)16)10(8)12(15)17/h3,5-6H,1-2,4,7,13H2,(H2,14,16)(H2,15,17). The Morgan fingerprint density at radius 2 is 1.76 bits per heavy atom. The van der Waals surface area contributed by atoms with Gasteiger partial charge in [-0.3, -0.25) is 9.59 Å². The molecule has 0 atom stereocenters. The molecule has 5 nitrogen and oxygen atoms in total. The van der Waals surface area contributed by atoms with Gasteiger partial charge in [0.25, 0.3) is 0 Å². The van der Waals surface area contributed by atoms with Crippen LogP contribution in [0.2, 0.25) is 0 Å². The fourth-order valence-electron chi connectivity index (χ4n) is 1.76. The Labute approximate surface area is 100.0 Å². The van der Waals surface area contributed by atoms with Gasteiger partial charge in [0.1, 0.15) is 0 Å². The van der Waals surface area contributed by atoms with Gasteiger partial charge >= 0.3 is 0 Å². The van der Waals surface area contributed by atoms with Crippen LogP contribution in [0.3, 0.4) is 0 Å². The molecule has 0 aliphatic rings. The predicted octanol–water partition coefficient (Wildman–Crippen LogP) is 0.166. The van der Waals surface area contributed by atoms with Crippen LogP contribution in [0.1, 0.15) is 39.1 Å². The van der Waals surface area contributed by atoms with Crippen molar-refractivity contribution >= 4 is 11.8 Å². The minimum atomic E-state index is -0.639. The van der Waals surface area contributed by atoms with Gasteiger partial charge in [0, 0.05) is 0 Å². The quantitative estimate of drug-likeness (QED) is 0.610. The van der Waals surface area contributed by atoms with E-state index in [0.717, 1.165) is 18.4 Å². The monoisotopic (exact) mass is 235 g/mol. The van der Waals surface area contributed by atoms with Crippen LogP contribution >= 0.6 is 0 Å². The molecule has 5 heteroatoms. The Kier molecular flexibility index (Phi) is 4.66. The number of primary amides is 2. The molecule has 0 aliphatic carbocycles. The molecule has 6 N–H and O–H groups in total. The molecular weight excluding hydrogens is 218 g/mol. The van der Waals surface area contributed by atoms with Crippen LogP contribution in [0.5, 0.6) is 0 Å². The maximum absolute atomic E-state index is 11.4. The number of carbonyl (C=O) groups excluding carboxylic acids is 2. The second-order valence-electron chi connectivity index (χ2n) is 3.81. The van der Waals surface area contributed by atoms with E-state index in [-0.39, 0.29) is 11.1 Å². The lowest BCUT2D eigenvalue weighted by atomic mass is 9.96. The number of hydrogen-bond donors (Lipinski definition) is 3.